The monoisotopic (exact) mass is 270 g/mol. The van der Waals surface area contributed by atoms with E-state index in [-0.39, 0.29) is 11.3 Å². The molecule has 2 unspecified atom stereocenters. The number of ether oxygens (including phenoxy) is 1. The fraction of sp³-hybridized carbons (Fsp3) is 0.933. The zero-order valence-corrected chi connectivity index (χ0v) is 13.2. The molecule has 4 nitrogen and oxygen atoms in total. The highest BCUT2D eigenvalue weighted by atomic mass is 16.5. The molecule has 0 aromatic carbocycles. The van der Waals surface area contributed by atoms with E-state index in [0.29, 0.717) is 24.6 Å². The minimum Gasteiger partial charge on any atom is -0.377 e. The van der Waals surface area contributed by atoms with Gasteiger partial charge < -0.3 is 15.8 Å². The van der Waals surface area contributed by atoms with Crippen LogP contribution >= 0.6 is 0 Å². The van der Waals surface area contributed by atoms with Gasteiger partial charge in [-0.05, 0) is 26.2 Å². The van der Waals surface area contributed by atoms with Gasteiger partial charge in [0.2, 0.25) is 5.91 Å². The van der Waals surface area contributed by atoms with Crippen LogP contribution in [0.25, 0.3) is 0 Å². The van der Waals surface area contributed by atoms with Crippen molar-refractivity contribution in [3.8, 4) is 0 Å². The summed E-state index contributed by atoms with van der Waals surface area (Å²) < 4.78 is 5.93. The average molecular weight is 270 g/mol. The van der Waals surface area contributed by atoms with E-state index in [0.717, 1.165) is 13.0 Å². The van der Waals surface area contributed by atoms with E-state index in [4.69, 9.17) is 10.5 Å². The normalized spacial score (nSPS) is 26.3. The van der Waals surface area contributed by atoms with Crippen LogP contribution in [0.3, 0.4) is 0 Å². The summed E-state index contributed by atoms with van der Waals surface area (Å²) in [5.41, 5.74) is 5.00. The molecule has 0 aliphatic heterocycles. The highest BCUT2D eigenvalue weighted by Crippen LogP contribution is 2.43. The number of hydrogen-bond donors (Lipinski definition) is 2. The molecule has 1 aliphatic rings. The Labute approximate surface area is 117 Å². The summed E-state index contributed by atoms with van der Waals surface area (Å²) >= 11 is 0. The van der Waals surface area contributed by atoms with Crippen molar-refractivity contribution in [3.05, 3.63) is 0 Å². The summed E-state index contributed by atoms with van der Waals surface area (Å²) in [6, 6.07) is 0.392. The number of nitrogens with two attached hydrogens (primary N) is 1. The first kappa shape index (κ1) is 16.4. The van der Waals surface area contributed by atoms with Crippen LogP contribution in [0.15, 0.2) is 0 Å². The third kappa shape index (κ3) is 3.93. The van der Waals surface area contributed by atoms with Gasteiger partial charge in [0.15, 0.2) is 0 Å². The molecule has 4 heteroatoms. The maximum absolute atomic E-state index is 11.3. The summed E-state index contributed by atoms with van der Waals surface area (Å²) in [4.78, 5) is 11.3. The number of carbonyl (C=O) groups excluding carboxylic acids is 1. The Hall–Kier alpha value is -0.610. The van der Waals surface area contributed by atoms with Crippen molar-refractivity contribution in [1.82, 2.24) is 5.32 Å². The van der Waals surface area contributed by atoms with Gasteiger partial charge >= 0.3 is 0 Å². The molecular formula is C15H30N2O2. The van der Waals surface area contributed by atoms with Gasteiger partial charge in [-0.25, -0.2) is 0 Å². The fourth-order valence-corrected chi connectivity index (χ4v) is 2.29. The zero-order valence-electron chi connectivity index (χ0n) is 13.2. The number of hydrogen-bond acceptors (Lipinski definition) is 3. The summed E-state index contributed by atoms with van der Waals surface area (Å²) in [6.45, 7) is 13.9. The van der Waals surface area contributed by atoms with E-state index in [9.17, 15) is 4.79 Å². The minimum atomic E-state index is -0.500. The standard InChI is InChI=1S/C15H30N2O2/c1-10(2)8-19-12-7-11(15(12,5)6)17-9-14(3,4)13(16)18/h10-12,17H,7-9H2,1-6H3,(H2,16,18). The molecule has 0 saturated heterocycles. The molecule has 0 spiro atoms. The number of amides is 1. The lowest BCUT2D eigenvalue weighted by molar-refractivity contribution is -0.131. The van der Waals surface area contributed by atoms with E-state index >= 15 is 0 Å². The second kappa shape index (κ2) is 5.80. The molecule has 0 aromatic heterocycles. The van der Waals surface area contributed by atoms with E-state index in [1.807, 2.05) is 13.8 Å². The van der Waals surface area contributed by atoms with E-state index in [1.54, 1.807) is 0 Å². The van der Waals surface area contributed by atoms with Crippen LogP contribution < -0.4 is 11.1 Å². The van der Waals surface area contributed by atoms with Crippen molar-refractivity contribution < 1.29 is 9.53 Å². The molecule has 1 saturated carbocycles. The van der Waals surface area contributed by atoms with E-state index in [2.05, 4.69) is 33.0 Å². The molecule has 2 atom stereocenters. The highest BCUT2D eigenvalue weighted by molar-refractivity contribution is 5.80. The lowest BCUT2D eigenvalue weighted by atomic mass is 9.64. The minimum absolute atomic E-state index is 0.114. The fourth-order valence-electron chi connectivity index (χ4n) is 2.29. The predicted molar refractivity (Wildman–Crippen MR) is 77.7 cm³/mol. The molecule has 0 radical (unpaired) electrons. The van der Waals surface area contributed by atoms with Crippen LogP contribution in [0.2, 0.25) is 0 Å². The van der Waals surface area contributed by atoms with Crippen LogP contribution in [-0.4, -0.2) is 31.2 Å². The molecule has 1 rings (SSSR count). The molecule has 112 valence electrons. The van der Waals surface area contributed by atoms with Crippen molar-refractivity contribution in [2.45, 2.75) is 60.1 Å². The van der Waals surface area contributed by atoms with Crippen molar-refractivity contribution in [2.75, 3.05) is 13.2 Å². The van der Waals surface area contributed by atoms with Gasteiger partial charge in [-0.15, -0.1) is 0 Å². The van der Waals surface area contributed by atoms with Crippen molar-refractivity contribution in [1.29, 1.82) is 0 Å². The van der Waals surface area contributed by atoms with E-state index in [1.165, 1.54) is 0 Å². The first-order valence-corrected chi connectivity index (χ1v) is 7.22. The van der Waals surface area contributed by atoms with Crippen LogP contribution in [0.4, 0.5) is 0 Å². The third-order valence-electron chi connectivity index (χ3n) is 4.27. The molecule has 1 aliphatic carbocycles. The second-order valence-corrected chi connectivity index (χ2v) is 7.45. The van der Waals surface area contributed by atoms with Crippen LogP contribution in [0, 0.1) is 16.7 Å². The Kier molecular flexibility index (Phi) is 5.02. The highest BCUT2D eigenvalue weighted by Gasteiger charge is 2.49. The summed E-state index contributed by atoms with van der Waals surface area (Å²) in [5.74, 6) is 0.307. The number of primary amides is 1. The molecule has 0 aromatic rings. The lowest BCUT2D eigenvalue weighted by Crippen LogP contribution is -2.62. The number of rotatable bonds is 7. The smallest absolute Gasteiger partial charge is 0.224 e. The number of nitrogens with one attached hydrogen (secondary N) is 1. The van der Waals surface area contributed by atoms with Gasteiger partial charge in [0.1, 0.15) is 0 Å². The molecule has 19 heavy (non-hydrogen) atoms. The van der Waals surface area contributed by atoms with Crippen molar-refractivity contribution in [2.24, 2.45) is 22.5 Å². The van der Waals surface area contributed by atoms with Gasteiger partial charge in [0.05, 0.1) is 11.5 Å². The van der Waals surface area contributed by atoms with Crippen LogP contribution in [0.1, 0.15) is 48.0 Å². The molecule has 1 fully saturated rings. The predicted octanol–water partition coefficient (Wildman–Crippen LogP) is 1.93. The topological polar surface area (TPSA) is 64.3 Å². The van der Waals surface area contributed by atoms with Crippen molar-refractivity contribution in [3.63, 3.8) is 0 Å². The van der Waals surface area contributed by atoms with E-state index < -0.39 is 5.41 Å². The van der Waals surface area contributed by atoms with Gasteiger partial charge in [0.25, 0.3) is 0 Å². The average Bonchev–Trinajstić information content (AvgIpc) is 2.26. The molecular weight excluding hydrogens is 240 g/mol. The first-order chi connectivity index (χ1) is 8.57. The Morgan fingerprint density at radius 2 is 2.05 bits per heavy atom. The Balaban J connectivity index is 2.41. The lowest BCUT2D eigenvalue weighted by Gasteiger charge is -2.52. The molecule has 0 bridgehead atoms. The SMILES string of the molecule is CC(C)COC1CC(NCC(C)(C)C(N)=O)C1(C)C. The summed E-state index contributed by atoms with van der Waals surface area (Å²) in [5, 5.41) is 3.47. The molecule has 0 heterocycles. The molecule has 3 N–H and O–H groups in total. The van der Waals surface area contributed by atoms with Gasteiger partial charge in [-0.3, -0.25) is 4.79 Å². The second-order valence-electron chi connectivity index (χ2n) is 7.45. The molecule has 1 amide bonds. The number of carbonyl (C=O) groups is 1. The van der Waals surface area contributed by atoms with Crippen LogP contribution in [0.5, 0.6) is 0 Å². The Morgan fingerprint density at radius 3 is 2.47 bits per heavy atom. The van der Waals surface area contributed by atoms with Crippen LogP contribution in [-0.2, 0) is 9.53 Å². The van der Waals surface area contributed by atoms with Gasteiger partial charge in [0, 0.05) is 24.6 Å². The van der Waals surface area contributed by atoms with Gasteiger partial charge in [-0.2, -0.15) is 0 Å². The van der Waals surface area contributed by atoms with Crippen molar-refractivity contribution >= 4 is 5.91 Å². The Morgan fingerprint density at radius 1 is 1.47 bits per heavy atom. The first-order valence-electron chi connectivity index (χ1n) is 7.22. The van der Waals surface area contributed by atoms with Gasteiger partial charge in [-0.1, -0.05) is 27.7 Å². The zero-order chi connectivity index (χ0) is 14.8. The summed E-state index contributed by atoms with van der Waals surface area (Å²) in [6.07, 6.45) is 1.32. The third-order valence-corrected chi connectivity index (χ3v) is 4.27. The summed E-state index contributed by atoms with van der Waals surface area (Å²) in [7, 11) is 0. The largest absolute Gasteiger partial charge is 0.377 e. The quantitative estimate of drug-likeness (QED) is 0.743. The Bertz CT molecular complexity index is 324. The maximum atomic E-state index is 11.3. The maximum Gasteiger partial charge on any atom is 0.224 e.